The number of carbonyl (C=O) groups is 1. The average Bonchev–Trinajstić information content (AvgIpc) is 2.99. The molecule has 0 saturated heterocycles. The number of benzene rings is 1. The Balaban J connectivity index is 2.39. The van der Waals surface area contributed by atoms with Gasteiger partial charge < -0.3 is 5.73 Å². The molecule has 2 aromatic rings. The minimum absolute atomic E-state index is 0.384. The van der Waals surface area contributed by atoms with Crippen molar-refractivity contribution < 1.29 is 17.8 Å². The summed E-state index contributed by atoms with van der Waals surface area (Å²) in [6, 6.07) is 8.75. The van der Waals surface area contributed by atoms with E-state index in [-0.39, 0.29) is 0 Å². The van der Waals surface area contributed by atoms with Crippen molar-refractivity contribution in [3.8, 4) is 0 Å². The fourth-order valence-electron chi connectivity index (χ4n) is 1.79. The number of hydrogen-bond donors (Lipinski definition) is 2. The van der Waals surface area contributed by atoms with E-state index in [2.05, 4.69) is 0 Å². The first-order valence-electron chi connectivity index (χ1n) is 6.21. The molecule has 0 saturated carbocycles. The van der Waals surface area contributed by atoms with Crippen molar-refractivity contribution in [3.05, 3.63) is 58.1 Å². The zero-order valence-electron chi connectivity index (χ0n) is 11.4. The van der Waals surface area contributed by atoms with Crippen molar-refractivity contribution in [1.29, 1.82) is 0 Å². The van der Waals surface area contributed by atoms with Crippen molar-refractivity contribution in [2.75, 3.05) is 4.90 Å². The second-order valence-electron chi connectivity index (χ2n) is 4.34. The number of thiophene rings is 1. The van der Waals surface area contributed by atoms with E-state index < -0.39 is 16.0 Å². The third-order valence-electron chi connectivity index (χ3n) is 2.80. The summed E-state index contributed by atoms with van der Waals surface area (Å²) in [4.78, 5) is 13.6. The lowest BCUT2D eigenvalue weighted by Crippen LogP contribution is -2.23. The standard InChI is InChI=1S/C14H14N2O4S2/c15-9-11-1-3-12(4-2-11)16(13-5-7-21-10-13)14(17)6-8-22(18,19)20/h1-8,10H,9,15H2,(H,18,19,20). The fraction of sp³-hybridized carbons (Fsp3) is 0.0714. The molecular formula is C14H14N2O4S2. The predicted molar refractivity (Wildman–Crippen MR) is 86.5 cm³/mol. The molecule has 0 spiro atoms. The zero-order chi connectivity index (χ0) is 16.2. The summed E-state index contributed by atoms with van der Waals surface area (Å²) in [6.07, 6.45) is 0.809. The summed E-state index contributed by atoms with van der Waals surface area (Å²) < 4.78 is 30.2. The highest BCUT2D eigenvalue weighted by atomic mass is 32.2. The molecule has 0 aliphatic heterocycles. The van der Waals surface area contributed by atoms with E-state index >= 15 is 0 Å². The second-order valence-corrected chi connectivity index (χ2v) is 6.43. The van der Waals surface area contributed by atoms with Crippen LogP contribution < -0.4 is 10.6 Å². The molecule has 22 heavy (non-hydrogen) atoms. The van der Waals surface area contributed by atoms with E-state index in [9.17, 15) is 13.2 Å². The van der Waals surface area contributed by atoms with Crippen molar-refractivity contribution in [3.63, 3.8) is 0 Å². The van der Waals surface area contributed by atoms with Crippen LogP contribution in [0.5, 0.6) is 0 Å². The lowest BCUT2D eigenvalue weighted by atomic mass is 10.2. The van der Waals surface area contributed by atoms with Crippen molar-refractivity contribution in [1.82, 2.24) is 0 Å². The Bertz CT molecular complexity index is 766. The van der Waals surface area contributed by atoms with E-state index in [1.54, 1.807) is 41.1 Å². The molecular weight excluding hydrogens is 324 g/mol. The summed E-state index contributed by atoms with van der Waals surface area (Å²) in [5, 5.41) is 4.02. The molecule has 0 fully saturated rings. The van der Waals surface area contributed by atoms with Gasteiger partial charge >= 0.3 is 0 Å². The molecule has 6 nitrogen and oxygen atoms in total. The lowest BCUT2D eigenvalue weighted by Gasteiger charge is -2.20. The maximum Gasteiger partial charge on any atom is 0.287 e. The van der Waals surface area contributed by atoms with Gasteiger partial charge in [0, 0.05) is 23.7 Å². The topological polar surface area (TPSA) is 101 Å². The number of nitrogens with zero attached hydrogens (tertiary/aromatic N) is 1. The second kappa shape index (κ2) is 6.84. The number of anilines is 2. The van der Waals surface area contributed by atoms with Gasteiger partial charge in [-0.3, -0.25) is 14.2 Å². The van der Waals surface area contributed by atoms with Crippen LogP contribution in [-0.4, -0.2) is 18.9 Å². The highest BCUT2D eigenvalue weighted by Gasteiger charge is 2.17. The summed E-state index contributed by atoms with van der Waals surface area (Å²) in [5.74, 6) is -0.587. The highest BCUT2D eigenvalue weighted by molar-refractivity contribution is 7.88. The molecule has 1 heterocycles. The normalized spacial score (nSPS) is 11.7. The Labute approximate surface area is 132 Å². The fourth-order valence-corrected chi connectivity index (χ4v) is 2.70. The Morgan fingerprint density at radius 3 is 2.41 bits per heavy atom. The average molecular weight is 338 g/mol. The largest absolute Gasteiger partial charge is 0.326 e. The first-order valence-corrected chi connectivity index (χ1v) is 8.66. The SMILES string of the molecule is NCc1ccc(N(C(=O)C=CS(=O)(=O)O)c2ccsc2)cc1. The van der Waals surface area contributed by atoms with Crippen LogP contribution in [0.2, 0.25) is 0 Å². The molecule has 116 valence electrons. The van der Waals surface area contributed by atoms with Crippen LogP contribution in [0.4, 0.5) is 11.4 Å². The molecule has 1 aromatic heterocycles. The predicted octanol–water partition coefficient (Wildman–Crippen LogP) is 2.27. The minimum atomic E-state index is -4.36. The first-order chi connectivity index (χ1) is 10.4. The van der Waals surface area contributed by atoms with Crippen LogP contribution in [0.1, 0.15) is 5.56 Å². The number of amides is 1. The van der Waals surface area contributed by atoms with Gasteiger partial charge in [-0.05, 0) is 29.1 Å². The third kappa shape index (κ3) is 4.25. The quantitative estimate of drug-likeness (QED) is 0.643. The molecule has 8 heteroatoms. The van der Waals surface area contributed by atoms with E-state index in [4.69, 9.17) is 10.3 Å². The summed E-state index contributed by atoms with van der Waals surface area (Å²) >= 11 is 1.41. The van der Waals surface area contributed by atoms with Crippen LogP contribution in [0.25, 0.3) is 0 Å². The zero-order valence-corrected chi connectivity index (χ0v) is 13.0. The van der Waals surface area contributed by atoms with Gasteiger partial charge in [0.05, 0.1) is 11.1 Å². The number of carbonyl (C=O) groups excluding carboxylic acids is 1. The van der Waals surface area contributed by atoms with E-state index in [0.717, 1.165) is 11.6 Å². The Morgan fingerprint density at radius 2 is 1.91 bits per heavy atom. The van der Waals surface area contributed by atoms with Gasteiger partial charge in [-0.2, -0.15) is 19.8 Å². The third-order valence-corrected chi connectivity index (χ3v) is 3.95. The molecule has 0 bridgehead atoms. The molecule has 3 N–H and O–H groups in total. The lowest BCUT2D eigenvalue weighted by molar-refractivity contribution is -0.113. The Hall–Kier alpha value is -2.00. The van der Waals surface area contributed by atoms with Crippen LogP contribution in [0.15, 0.2) is 52.6 Å². The van der Waals surface area contributed by atoms with Gasteiger partial charge in [0.1, 0.15) is 0 Å². The molecule has 0 atom stereocenters. The monoisotopic (exact) mass is 338 g/mol. The van der Waals surface area contributed by atoms with Crippen molar-refractivity contribution in [2.24, 2.45) is 5.73 Å². The molecule has 0 aliphatic rings. The van der Waals surface area contributed by atoms with Crippen molar-refractivity contribution in [2.45, 2.75) is 6.54 Å². The summed E-state index contributed by atoms with van der Waals surface area (Å²) in [7, 11) is -4.36. The Morgan fingerprint density at radius 1 is 1.23 bits per heavy atom. The maximum atomic E-state index is 12.3. The summed E-state index contributed by atoms with van der Waals surface area (Å²) in [6.45, 7) is 0.384. The van der Waals surface area contributed by atoms with Gasteiger partial charge in [0.25, 0.3) is 16.0 Å². The first kappa shape index (κ1) is 16.4. The molecule has 2 rings (SSSR count). The van der Waals surface area contributed by atoms with E-state index in [0.29, 0.717) is 23.3 Å². The van der Waals surface area contributed by atoms with Crippen LogP contribution in [0, 0.1) is 0 Å². The van der Waals surface area contributed by atoms with Gasteiger partial charge in [0.2, 0.25) is 0 Å². The van der Waals surface area contributed by atoms with Gasteiger partial charge in [-0.1, -0.05) is 12.1 Å². The minimum Gasteiger partial charge on any atom is -0.326 e. The Kier molecular flexibility index (Phi) is 5.09. The van der Waals surface area contributed by atoms with Crippen LogP contribution in [-0.2, 0) is 21.5 Å². The molecule has 0 aliphatic carbocycles. The molecule has 0 unspecified atom stereocenters. The number of nitrogens with two attached hydrogens (primary N) is 1. The number of hydrogen-bond acceptors (Lipinski definition) is 5. The maximum absolute atomic E-state index is 12.3. The summed E-state index contributed by atoms with van der Waals surface area (Å²) in [5.41, 5.74) is 7.63. The van der Waals surface area contributed by atoms with E-state index in [1.807, 2.05) is 0 Å². The molecule has 0 radical (unpaired) electrons. The van der Waals surface area contributed by atoms with Crippen LogP contribution in [0.3, 0.4) is 0 Å². The van der Waals surface area contributed by atoms with Gasteiger partial charge in [-0.15, -0.1) is 0 Å². The van der Waals surface area contributed by atoms with Crippen molar-refractivity contribution >= 4 is 38.7 Å². The van der Waals surface area contributed by atoms with E-state index in [1.165, 1.54) is 16.2 Å². The molecule has 1 amide bonds. The highest BCUT2D eigenvalue weighted by Crippen LogP contribution is 2.28. The smallest absolute Gasteiger partial charge is 0.287 e. The van der Waals surface area contributed by atoms with Gasteiger partial charge in [-0.25, -0.2) is 0 Å². The molecule has 1 aromatic carbocycles. The van der Waals surface area contributed by atoms with Crippen LogP contribution >= 0.6 is 11.3 Å². The number of rotatable bonds is 5. The van der Waals surface area contributed by atoms with Gasteiger partial charge in [0.15, 0.2) is 0 Å².